The van der Waals surface area contributed by atoms with E-state index in [0.717, 1.165) is 28.0 Å². The number of hydrogen-bond donors (Lipinski definition) is 2. The molecule has 21 heavy (non-hydrogen) atoms. The Hall–Kier alpha value is -1.99. The molecule has 0 bridgehead atoms. The number of fused-ring (bicyclic) bond motifs is 1. The van der Waals surface area contributed by atoms with Gasteiger partial charge in [-0.1, -0.05) is 6.92 Å². The fourth-order valence-electron chi connectivity index (χ4n) is 2.14. The Kier molecular flexibility index (Phi) is 3.85. The van der Waals surface area contributed by atoms with E-state index < -0.39 is 6.10 Å². The molecule has 0 saturated heterocycles. The lowest BCUT2D eigenvalue weighted by molar-refractivity contribution is 0.191. The molecule has 0 fully saturated rings. The molecule has 0 radical (unpaired) electrons. The second-order valence-electron chi connectivity index (χ2n) is 4.85. The molecule has 1 atom stereocenters. The number of hydrogen-bond acceptors (Lipinski definition) is 6. The summed E-state index contributed by atoms with van der Waals surface area (Å²) >= 11 is 1.68. The van der Waals surface area contributed by atoms with Gasteiger partial charge in [-0.3, -0.25) is 4.68 Å². The van der Waals surface area contributed by atoms with E-state index >= 15 is 0 Å². The van der Waals surface area contributed by atoms with Crippen molar-refractivity contribution in [1.29, 1.82) is 0 Å². The molecule has 0 spiro atoms. The monoisotopic (exact) mass is 303 g/mol. The second kappa shape index (κ2) is 5.79. The van der Waals surface area contributed by atoms with Gasteiger partial charge in [-0.2, -0.15) is 5.10 Å². The van der Waals surface area contributed by atoms with Gasteiger partial charge >= 0.3 is 0 Å². The smallest absolute Gasteiger partial charge is 0.138 e. The number of aliphatic hydroxyl groups is 1. The third-order valence-electron chi connectivity index (χ3n) is 3.30. The van der Waals surface area contributed by atoms with Crippen LogP contribution in [0.3, 0.4) is 0 Å². The Morgan fingerprint density at radius 1 is 1.43 bits per heavy atom. The Morgan fingerprint density at radius 3 is 3.00 bits per heavy atom. The van der Waals surface area contributed by atoms with Crippen molar-refractivity contribution in [3.63, 3.8) is 0 Å². The largest absolute Gasteiger partial charge is 0.386 e. The summed E-state index contributed by atoms with van der Waals surface area (Å²) in [5.41, 5.74) is 0.787. The first kappa shape index (κ1) is 14.0. The average molecular weight is 303 g/mol. The summed E-state index contributed by atoms with van der Waals surface area (Å²) in [4.78, 5) is 10.8. The average Bonchev–Trinajstić information content (AvgIpc) is 3.10. The van der Waals surface area contributed by atoms with E-state index in [2.05, 4.69) is 33.4 Å². The van der Waals surface area contributed by atoms with Crippen LogP contribution in [-0.4, -0.2) is 31.4 Å². The van der Waals surface area contributed by atoms with Crippen LogP contribution in [0.2, 0.25) is 0 Å². The fourth-order valence-corrected chi connectivity index (χ4v) is 3.08. The minimum Gasteiger partial charge on any atom is -0.386 e. The van der Waals surface area contributed by atoms with Crippen molar-refractivity contribution in [2.45, 2.75) is 19.4 Å². The first-order valence-corrected chi connectivity index (χ1v) is 7.63. The predicted octanol–water partition coefficient (Wildman–Crippen LogP) is 2.13. The lowest BCUT2D eigenvalue weighted by Gasteiger charge is -2.10. The molecule has 6 nitrogen and oxygen atoms in total. The molecule has 110 valence electrons. The molecule has 0 saturated carbocycles. The minimum atomic E-state index is -0.618. The summed E-state index contributed by atoms with van der Waals surface area (Å²) in [6.07, 6.45) is 5.40. The Bertz CT molecular complexity index is 751. The molecule has 3 aromatic rings. The number of rotatable bonds is 5. The minimum absolute atomic E-state index is 0.384. The van der Waals surface area contributed by atoms with Crippen LogP contribution in [0.1, 0.15) is 23.5 Å². The second-order valence-corrected chi connectivity index (χ2v) is 5.97. The fraction of sp³-hybridized carbons (Fsp3) is 0.357. The first-order chi connectivity index (χ1) is 10.2. The van der Waals surface area contributed by atoms with E-state index in [1.165, 1.54) is 4.88 Å². The summed E-state index contributed by atoms with van der Waals surface area (Å²) in [7, 11) is 1.83. The van der Waals surface area contributed by atoms with Crippen molar-refractivity contribution >= 4 is 27.4 Å². The third kappa shape index (κ3) is 2.88. The summed E-state index contributed by atoms with van der Waals surface area (Å²) in [5, 5.41) is 18.4. The molecule has 2 N–H and O–H groups in total. The number of nitrogens with zero attached hydrogens (tertiary/aromatic N) is 4. The highest BCUT2D eigenvalue weighted by atomic mass is 32.1. The Labute approximate surface area is 126 Å². The molecule has 0 aromatic carbocycles. The van der Waals surface area contributed by atoms with E-state index in [4.69, 9.17) is 0 Å². The van der Waals surface area contributed by atoms with Crippen molar-refractivity contribution < 1.29 is 5.11 Å². The number of thiophene rings is 1. The quantitative estimate of drug-likeness (QED) is 0.755. The number of nitrogens with one attached hydrogen (secondary N) is 1. The Balaban J connectivity index is 1.77. The molecular formula is C14H17N5OS. The van der Waals surface area contributed by atoms with E-state index in [1.807, 2.05) is 13.2 Å². The van der Waals surface area contributed by atoms with Crippen LogP contribution in [0.5, 0.6) is 0 Å². The molecular weight excluding hydrogens is 286 g/mol. The zero-order valence-corrected chi connectivity index (χ0v) is 12.8. The van der Waals surface area contributed by atoms with Crippen LogP contribution in [0, 0.1) is 0 Å². The molecule has 0 aliphatic heterocycles. The molecule has 0 aliphatic rings. The topological polar surface area (TPSA) is 75.9 Å². The molecule has 0 amide bonds. The van der Waals surface area contributed by atoms with Crippen molar-refractivity contribution in [2.24, 2.45) is 7.05 Å². The van der Waals surface area contributed by atoms with Crippen LogP contribution in [0.4, 0.5) is 5.82 Å². The molecule has 3 heterocycles. The summed E-state index contributed by atoms with van der Waals surface area (Å²) in [5.74, 6) is 0.763. The number of aromatic nitrogens is 4. The predicted molar refractivity (Wildman–Crippen MR) is 83.5 cm³/mol. The van der Waals surface area contributed by atoms with Gasteiger partial charge in [-0.25, -0.2) is 9.97 Å². The van der Waals surface area contributed by atoms with E-state index in [-0.39, 0.29) is 0 Å². The maximum atomic E-state index is 10.2. The Morgan fingerprint density at radius 2 is 2.29 bits per heavy atom. The first-order valence-electron chi connectivity index (χ1n) is 6.81. The summed E-state index contributed by atoms with van der Waals surface area (Å²) in [6, 6.07) is 2.11. The number of aryl methyl sites for hydroxylation is 2. The van der Waals surface area contributed by atoms with Crippen LogP contribution >= 0.6 is 11.3 Å². The van der Waals surface area contributed by atoms with Crippen molar-refractivity contribution in [3.8, 4) is 0 Å². The standard InChI is InChI=1S/C14H17N5OS/c1-3-10-4-11-13(16-8-17-14(11)21-10)15-6-12(20)9-5-18-19(2)7-9/h4-5,7-8,12,20H,3,6H2,1-2H3,(H,15,16,17). The number of anilines is 1. The number of aliphatic hydroxyl groups excluding tert-OH is 1. The van der Waals surface area contributed by atoms with Gasteiger partial charge in [0.1, 0.15) is 17.0 Å². The van der Waals surface area contributed by atoms with E-state index in [0.29, 0.717) is 6.54 Å². The molecule has 7 heteroatoms. The van der Waals surface area contributed by atoms with Crippen molar-refractivity contribution in [3.05, 3.63) is 35.2 Å². The van der Waals surface area contributed by atoms with Gasteiger partial charge in [-0.15, -0.1) is 11.3 Å². The van der Waals surface area contributed by atoms with Crippen LogP contribution < -0.4 is 5.32 Å². The van der Waals surface area contributed by atoms with Crippen molar-refractivity contribution in [2.75, 3.05) is 11.9 Å². The van der Waals surface area contributed by atoms with Crippen LogP contribution in [0.15, 0.2) is 24.8 Å². The lowest BCUT2D eigenvalue weighted by Crippen LogP contribution is -2.12. The van der Waals surface area contributed by atoms with Gasteiger partial charge in [0, 0.05) is 30.2 Å². The van der Waals surface area contributed by atoms with Gasteiger partial charge in [-0.05, 0) is 12.5 Å². The maximum absolute atomic E-state index is 10.2. The molecule has 3 rings (SSSR count). The van der Waals surface area contributed by atoms with Gasteiger partial charge < -0.3 is 10.4 Å². The zero-order valence-electron chi connectivity index (χ0n) is 11.9. The van der Waals surface area contributed by atoms with Crippen LogP contribution in [-0.2, 0) is 13.5 Å². The van der Waals surface area contributed by atoms with Gasteiger partial charge in [0.05, 0.1) is 17.7 Å². The van der Waals surface area contributed by atoms with Crippen LogP contribution in [0.25, 0.3) is 10.2 Å². The molecule has 0 aliphatic carbocycles. The molecule has 1 unspecified atom stereocenters. The normalized spacial score (nSPS) is 12.7. The highest BCUT2D eigenvalue weighted by Crippen LogP contribution is 2.28. The summed E-state index contributed by atoms with van der Waals surface area (Å²) in [6.45, 7) is 2.51. The van der Waals surface area contributed by atoms with Gasteiger partial charge in [0.25, 0.3) is 0 Å². The molecule has 3 aromatic heterocycles. The van der Waals surface area contributed by atoms with E-state index in [1.54, 1.807) is 28.5 Å². The highest BCUT2D eigenvalue weighted by molar-refractivity contribution is 7.18. The van der Waals surface area contributed by atoms with Crippen molar-refractivity contribution in [1.82, 2.24) is 19.7 Å². The third-order valence-corrected chi connectivity index (χ3v) is 4.49. The maximum Gasteiger partial charge on any atom is 0.138 e. The lowest BCUT2D eigenvalue weighted by atomic mass is 10.2. The van der Waals surface area contributed by atoms with Gasteiger partial charge in [0.2, 0.25) is 0 Å². The highest BCUT2D eigenvalue weighted by Gasteiger charge is 2.12. The van der Waals surface area contributed by atoms with E-state index in [9.17, 15) is 5.11 Å². The van der Waals surface area contributed by atoms with Gasteiger partial charge in [0.15, 0.2) is 0 Å². The zero-order chi connectivity index (χ0) is 14.8. The SMILES string of the molecule is CCc1cc2c(NCC(O)c3cnn(C)c3)ncnc2s1. The summed E-state index contributed by atoms with van der Waals surface area (Å²) < 4.78 is 1.67.